The van der Waals surface area contributed by atoms with Crippen molar-refractivity contribution < 1.29 is 14.6 Å². The maximum atomic E-state index is 9.23. The van der Waals surface area contributed by atoms with Gasteiger partial charge in [0.25, 0.3) is 0 Å². The van der Waals surface area contributed by atoms with Crippen molar-refractivity contribution in [1.82, 2.24) is 9.97 Å². The van der Waals surface area contributed by atoms with Crippen molar-refractivity contribution in [2.24, 2.45) is 5.92 Å². The van der Waals surface area contributed by atoms with E-state index in [4.69, 9.17) is 9.47 Å². The van der Waals surface area contributed by atoms with Crippen LogP contribution in [0.1, 0.15) is 13.8 Å². The van der Waals surface area contributed by atoms with Crippen molar-refractivity contribution >= 4 is 5.95 Å². The highest BCUT2D eigenvalue weighted by Gasteiger charge is 2.14. The summed E-state index contributed by atoms with van der Waals surface area (Å²) in [5, 5.41) is 12.3. The van der Waals surface area contributed by atoms with Gasteiger partial charge in [-0.25, -0.2) is 0 Å². The molecule has 0 unspecified atom stereocenters. The predicted molar refractivity (Wildman–Crippen MR) is 64.5 cm³/mol. The maximum absolute atomic E-state index is 9.23. The molecule has 0 aromatic carbocycles. The number of aliphatic hydroxyl groups excluding tert-OH is 1. The van der Waals surface area contributed by atoms with Crippen LogP contribution in [-0.2, 0) is 0 Å². The SMILES string of the molecule is COc1cc(OC)nc(N[C@H](CO)C(C)C)n1. The van der Waals surface area contributed by atoms with Gasteiger partial charge in [-0.3, -0.25) is 0 Å². The third-order valence-electron chi connectivity index (χ3n) is 2.41. The van der Waals surface area contributed by atoms with Gasteiger partial charge in [0.2, 0.25) is 17.7 Å². The lowest BCUT2D eigenvalue weighted by Gasteiger charge is -2.20. The van der Waals surface area contributed by atoms with Crippen LogP contribution in [0.15, 0.2) is 6.07 Å². The van der Waals surface area contributed by atoms with E-state index in [0.29, 0.717) is 17.7 Å². The van der Waals surface area contributed by atoms with Gasteiger partial charge in [0.15, 0.2) is 0 Å². The maximum Gasteiger partial charge on any atom is 0.229 e. The van der Waals surface area contributed by atoms with E-state index in [1.165, 1.54) is 14.2 Å². The van der Waals surface area contributed by atoms with Gasteiger partial charge in [-0.15, -0.1) is 0 Å². The monoisotopic (exact) mass is 241 g/mol. The molecule has 0 spiro atoms. The van der Waals surface area contributed by atoms with Gasteiger partial charge in [-0.2, -0.15) is 9.97 Å². The molecule has 0 fully saturated rings. The average Bonchev–Trinajstić information content (AvgIpc) is 2.34. The molecule has 17 heavy (non-hydrogen) atoms. The Morgan fingerprint density at radius 1 is 1.24 bits per heavy atom. The fourth-order valence-electron chi connectivity index (χ4n) is 1.27. The van der Waals surface area contributed by atoms with E-state index >= 15 is 0 Å². The van der Waals surface area contributed by atoms with Crippen LogP contribution in [0.25, 0.3) is 0 Å². The molecule has 0 amide bonds. The molecule has 6 nitrogen and oxygen atoms in total. The largest absolute Gasteiger partial charge is 0.481 e. The molecular weight excluding hydrogens is 222 g/mol. The Balaban J connectivity index is 2.89. The number of aromatic nitrogens is 2. The summed E-state index contributed by atoms with van der Waals surface area (Å²) in [5.74, 6) is 1.48. The van der Waals surface area contributed by atoms with Crippen LogP contribution >= 0.6 is 0 Å². The molecular formula is C11H19N3O3. The Morgan fingerprint density at radius 2 is 1.76 bits per heavy atom. The minimum absolute atomic E-state index is 0.0144. The van der Waals surface area contributed by atoms with E-state index in [9.17, 15) is 5.11 Å². The van der Waals surface area contributed by atoms with Crippen molar-refractivity contribution in [2.75, 3.05) is 26.1 Å². The first kappa shape index (κ1) is 13.5. The van der Waals surface area contributed by atoms with E-state index < -0.39 is 0 Å². The normalized spacial score (nSPS) is 12.4. The van der Waals surface area contributed by atoms with Gasteiger partial charge in [0.1, 0.15) is 0 Å². The van der Waals surface area contributed by atoms with Gasteiger partial charge >= 0.3 is 0 Å². The molecule has 1 aromatic rings. The molecule has 1 aromatic heterocycles. The second kappa shape index (κ2) is 6.24. The number of rotatable bonds is 6. The standard InChI is InChI=1S/C11H19N3O3/c1-7(2)8(6-15)12-11-13-9(16-3)5-10(14-11)17-4/h5,7-8,15H,6H2,1-4H3,(H,12,13,14)/t8-/m1/s1. The summed E-state index contributed by atoms with van der Waals surface area (Å²) in [7, 11) is 3.05. The Morgan fingerprint density at radius 3 is 2.12 bits per heavy atom. The molecule has 1 atom stereocenters. The smallest absolute Gasteiger partial charge is 0.229 e. The molecule has 6 heteroatoms. The molecule has 0 radical (unpaired) electrons. The highest BCUT2D eigenvalue weighted by Crippen LogP contribution is 2.18. The lowest BCUT2D eigenvalue weighted by atomic mass is 10.1. The van der Waals surface area contributed by atoms with Crippen molar-refractivity contribution in [3.63, 3.8) is 0 Å². The van der Waals surface area contributed by atoms with Crippen LogP contribution in [0.2, 0.25) is 0 Å². The van der Waals surface area contributed by atoms with Gasteiger partial charge in [0, 0.05) is 0 Å². The van der Waals surface area contributed by atoms with E-state index in [1.807, 2.05) is 13.8 Å². The second-order valence-electron chi connectivity index (χ2n) is 3.95. The Hall–Kier alpha value is -1.56. The number of hydrogen-bond donors (Lipinski definition) is 2. The molecule has 96 valence electrons. The molecule has 0 bridgehead atoms. The summed E-state index contributed by atoms with van der Waals surface area (Å²) >= 11 is 0. The zero-order valence-corrected chi connectivity index (χ0v) is 10.6. The molecule has 0 aliphatic rings. The van der Waals surface area contributed by atoms with Crippen LogP contribution in [0, 0.1) is 5.92 Å². The first-order chi connectivity index (χ1) is 8.10. The number of methoxy groups -OCH3 is 2. The van der Waals surface area contributed by atoms with Crippen LogP contribution in [0.5, 0.6) is 11.8 Å². The zero-order valence-electron chi connectivity index (χ0n) is 10.6. The highest BCUT2D eigenvalue weighted by molar-refractivity contribution is 5.34. The highest BCUT2D eigenvalue weighted by atomic mass is 16.5. The summed E-state index contributed by atoms with van der Waals surface area (Å²) in [5.41, 5.74) is 0. The summed E-state index contributed by atoms with van der Waals surface area (Å²) in [6, 6.07) is 1.49. The van der Waals surface area contributed by atoms with Gasteiger partial charge < -0.3 is 19.9 Å². The Kier molecular flexibility index (Phi) is 4.96. The molecule has 0 aliphatic carbocycles. The zero-order chi connectivity index (χ0) is 12.8. The summed E-state index contributed by atoms with van der Waals surface area (Å²) < 4.78 is 10.1. The third-order valence-corrected chi connectivity index (χ3v) is 2.41. The summed E-state index contributed by atoms with van der Waals surface area (Å²) in [6.45, 7) is 4.02. The quantitative estimate of drug-likeness (QED) is 0.771. The van der Waals surface area contributed by atoms with Crippen LogP contribution in [0.3, 0.4) is 0 Å². The van der Waals surface area contributed by atoms with E-state index in [2.05, 4.69) is 15.3 Å². The van der Waals surface area contributed by atoms with Crippen molar-refractivity contribution in [2.45, 2.75) is 19.9 Å². The molecule has 1 rings (SSSR count). The fourth-order valence-corrected chi connectivity index (χ4v) is 1.27. The first-order valence-electron chi connectivity index (χ1n) is 5.45. The van der Waals surface area contributed by atoms with Crippen molar-refractivity contribution in [3.05, 3.63) is 6.07 Å². The minimum Gasteiger partial charge on any atom is -0.481 e. The van der Waals surface area contributed by atoms with E-state index in [0.717, 1.165) is 0 Å². The number of nitrogens with one attached hydrogen (secondary N) is 1. The fraction of sp³-hybridized carbons (Fsp3) is 0.636. The molecule has 2 N–H and O–H groups in total. The molecule has 0 saturated heterocycles. The van der Waals surface area contributed by atoms with Gasteiger partial charge in [-0.1, -0.05) is 13.8 Å². The van der Waals surface area contributed by atoms with Crippen molar-refractivity contribution in [1.29, 1.82) is 0 Å². The lowest BCUT2D eigenvalue weighted by molar-refractivity contribution is 0.248. The molecule has 0 aliphatic heterocycles. The topological polar surface area (TPSA) is 76.5 Å². The Bertz CT molecular complexity index is 336. The second-order valence-corrected chi connectivity index (χ2v) is 3.95. The molecule has 1 heterocycles. The number of nitrogens with zero attached hydrogens (tertiary/aromatic N) is 2. The van der Waals surface area contributed by atoms with Gasteiger partial charge in [-0.05, 0) is 5.92 Å². The predicted octanol–water partition coefficient (Wildman–Crippen LogP) is 0.923. The third kappa shape index (κ3) is 3.74. The molecule has 0 saturated carbocycles. The Labute approximate surface area is 101 Å². The lowest BCUT2D eigenvalue weighted by Crippen LogP contribution is -2.30. The number of aliphatic hydroxyl groups is 1. The first-order valence-corrected chi connectivity index (χ1v) is 5.45. The number of hydrogen-bond acceptors (Lipinski definition) is 6. The van der Waals surface area contributed by atoms with Crippen LogP contribution in [0.4, 0.5) is 5.95 Å². The van der Waals surface area contributed by atoms with E-state index in [1.54, 1.807) is 6.07 Å². The van der Waals surface area contributed by atoms with Crippen molar-refractivity contribution in [3.8, 4) is 11.8 Å². The van der Waals surface area contributed by atoms with Crippen LogP contribution < -0.4 is 14.8 Å². The number of anilines is 1. The minimum atomic E-state index is -0.105. The number of ether oxygens (including phenoxy) is 2. The van der Waals surface area contributed by atoms with E-state index in [-0.39, 0.29) is 18.6 Å². The average molecular weight is 241 g/mol. The summed E-state index contributed by atoms with van der Waals surface area (Å²) in [6.07, 6.45) is 0. The van der Waals surface area contributed by atoms with Crippen LogP contribution in [-0.4, -0.2) is 41.9 Å². The summed E-state index contributed by atoms with van der Waals surface area (Å²) in [4.78, 5) is 8.27. The van der Waals surface area contributed by atoms with Gasteiger partial charge in [0.05, 0.1) is 32.9 Å².